The Bertz CT molecular complexity index is 379. The van der Waals surface area contributed by atoms with Crippen LogP contribution in [0.15, 0.2) is 24.3 Å². The van der Waals surface area contributed by atoms with E-state index in [-0.39, 0.29) is 32.3 Å². The standard InChI is InChI=1S/C12H19N3O3/c13-9-10-2-1-3-11(8-10)14-12(18)15(4-6-16)5-7-17/h1-3,8,16-17H,4-7,9,13H2,(H,14,18). The highest BCUT2D eigenvalue weighted by molar-refractivity contribution is 5.89. The minimum atomic E-state index is -0.354. The molecule has 1 aromatic carbocycles. The molecule has 0 saturated carbocycles. The molecule has 0 atom stereocenters. The number of anilines is 1. The molecule has 0 unspecified atom stereocenters. The van der Waals surface area contributed by atoms with E-state index in [1.807, 2.05) is 6.07 Å². The van der Waals surface area contributed by atoms with Crippen LogP contribution >= 0.6 is 0 Å². The summed E-state index contributed by atoms with van der Waals surface area (Å²) in [6, 6.07) is 6.86. The fraction of sp³-hybridized carbons (Fsp3) is 0.417. The molecule has 1 aromatic rings. The normalized spacial score (nSPS) is 10.2. The summed E-state index contributed by atoms with van der Waals surface area (Å²) in [4.78, 5) is 13.2. The molecule has 0 fully saturated rings. The number of carbonyl (C=O) groups excluding carboxylic acids is 1. The summed E-state index contributed by atoms with van der Waals surface area (Å²) in [6.45, 7) is 0.485. The van der Waals surface area contributed by atoms with Crippen molar-refractivity contribution in [1.82, 2.24) is 4.90 Å². The molecule has 2 amide bonds. The molecule has 0 aliphatic carbocycles. The Balaban J connectivity index is 2.66. The van der Waals surface area contributed by atoms with Gasteiger partial charge in [-0.1, -0.05) is 12.1 Å². The summed E-state index contributed by atoms with van der Waals surface area (Å²) >= 11 is 0. The average molecular weight is 253 g/mol. The van der Waals surface area contributed by atoms with Crippen LogP contribution in [0.25, 0.3) is 0 Å². The second-order valence-corrected chi connectivity index (χ2v) is 3.77. The predicted octanol–water partition coefficient (Wildman–Crippen LogP) is -0.0362. The molecule has 6 nitrogen and oxygen atoms in total. The van der Waals surface area contributed by atoms with Crippen molar-refractivity contribution in [3.8, 4) is 0 Å². The number of carbonyl (C=O) groups is 1. The number of rotatable bonds is 6. The van der Waals surface area contributed by atoms with Crippen molar-refractivity contribution >= 4 is 11.7 Å². The Morgan fingerprint density at radius 2 is 1.94 bits per heavy atom. The van der Waals surface area contributed by atoms with Gasteiger partial charge in [-0.05, 0) is 17.7 Å². The van der Waals surface area contributed by atoms with Gasteiger partial charge in [0.05, 0.1) is 13.2 Å². The highest BCUT2D eigenvalue weighted by Gasteiger charge is 2.12. The van der Waals surface area contributed by atoms with E-state index in [4.69, 9.17) is 15.9 Å². The third kappa shape index (κ3) is 4.33. The lowest BCUT2D eigenvalue weighted by atomic mass is 10.2. The van der Waals surface area contributed by atoms with Gasteiger partial charge in [-0.3, -0.25) is 0 Å². The van der Waals surface area contributed by atoms with Crippen molar-refractivity contribution in [2.24, 2.45) is 5.73 Å². The van der Waals surface area contributed by atoms with E-state index >= 15 is 0 Å². The molecule has 6 heteroatoms. The first-order chi connectivity index (χ1) is 8.71. The Kier molecular flexibility index (Phi) is 6.13. The number of urea groups is 1. The van der Waals surface area contributed by atoms with Gasteiger partial charge >= 0.3 is 6.03 Å². The van der Waals surface area contributed by atoms with Crippen molar-refractivity contribution in [1.29, 1.82) is 0 Å². The van der Waals surface area contributed by atoms with Crippen LogP contribution in [0.5, 0.6) is 0 Å². The molecular weight excluding hydrogens is 234 g/mol. The Hall–Kier alpha value is -1.63. The number of hydrogen-bond donors (Lipinski definition) is 4. The predicted molar refractivity (Wildman–Crippen MR) is 69.1 cm³/mol. The number of nitrogens with two attached hydrogens (primary N) is 1. The van der Waals surface area contributed by atoms with Crippen LogP contribution < -0.4 is 11.1 Å². The van der Waals surface area contributed by atoms with Gasteiger partial charge in [0.25, 0.3) is 0 Å². The molecule has 0 aromatic heterocycles. The summed E-state index contributed by atoms with van der Waals surface area (Å²) in [6.07, 6.45) is 0. The van der Waals surface area contributed by atoms with Crippen LogP contribution in [0, 0.1) is 0 Å². The van der Waals surface area contributed by atoms with E-state index in [0.29, 0.717) is 12.2 Å². The lowest BCUT2D eigenvalue weighted by Crippen LogP contribution is -2.38. The van der Waals surface area contributed by atoms with Crippen molar-refractivity contribution in [2.45, 2.75) is 6.54 Å². The van der Waals surface area contributed by atoms with Gasteiger partial charge < -0.3 is 26.2 Å². The largest absolute Gasteiger partial charge is 0.395 e. The van der Waals surface area contributed by atoms with Gasteiger partial charge in [0.1, 0.15) is 0 Å². The molecule has 0 radical (unpaired) electrons. The summed E-state index contributed by atoms with van der Waals surface area (Å²) in [5.41, 5.74) is 7.08. The van der Waals surface area contributed by atoms with Crippen LogP contribution in [-0.2, 0) is 6.54 Å². The summed E-state index contributed by atoms with van der Waals surface area (Å²) in [5.74, 6) is 0. The average Bonchev–Trinajstić information content (AvgIpc) is 2.38. The molecule has 0 aliphatic rings. The molecule has 100 valence electrons. The van der Waals surface area contributed by atoms with E-state index < -0.39 is 0 Å². The quantitative estimate of drug-likeness (QED) is 0.572. The number of benzene rings is 1. The maximum absolute atomic E-state index is 11.9. The van der Waals surface area contributed by atoms with Gasteiger partial charge in [-0.25, -0.2) is 4.79 Å². The van der Waals surface area contributed by atoms with Crippen LogP contribution in [0.1, 0.15) is 5.56 Å². The highest BCUT2D eigenvalue weighted by Crippen LogP contribution is 2.10. The minimum absolute atomic E-state index is 0.143. The Morgan fingerprint density at radius 1 is 1.28 bits per heavy atom. The number of hydrogen-bond acceptors (Lipinski definition) is 4. The number of amides is 2. The molecule has 0 aliphatic heterocycles. The fourth-order valence-corrected chi connectivity index (χ4v) is 1.53. The SMILES string of the molecule is NCc1cccc(NC(=O)N(CCO)CCO)c1. The zero-order chi connectivity index (χ0) is 13.4. The van der Waals surface area contributed by atoms with E-state index in [9.17, 15) is 4.79 Å². The lowest BCUT2D eigenvalue weighted by Gasteiger charge is -2.21. The number of nitrogens with zero attached hydrogens (tertiary/aromatic N) is 1. The number of aliphatic hydroxyl groups excluding tert-OH is 2. The number of nitrogens with one attached hydrogen (secondary N) is 1. The van der Waals surface area contributed by atoms with Gasteiger partial charge in [0, 0.05) is 25.3 Å². The second-order valence-electron chi connectivity index (χ2n) is 3.77. The highest BCUT2D eigenvalue weighted by atomic mass is 16.3. The monoisotopic (exact) mass is 253 g/mol. The third-order valence-corrected chi connectivity index (χ3v) is 2.44. The van der Waals surface area contributed by atoms with E-state index in [1.54, 1.807) is 18.2 Å². The molecule has 0 saturated heterocycles. The summed E-state index contributed by atoms with van der Waals surface area (Å²) in [5, 5.41) is 20.4. The van der Waals surface area contributed by atoms with Crippen LogP contribution in [-0.4, -0.2) is 47.4 Å². The molecule has 5 N–H and O–H groups in total. The molecule has 0 spiro atoms. The molecule has 0 heterocycles. The Labute approximate surface area is 106 Å². The van der Waals surface area contributed by atoms with Crippen LogP contribution in [0.3, 0.4) is 0 Å². The first-order valence-corrected chi connectivity index (χ1v) is 5.78. The van der Waals surface area contributed by atoms with Crippen molar-refractivity contribution in [2.75, 3.05) is 31.6 Å². The van der Waals surface area contributed by atoms with Crippen molar-refractivity contribution in [3.63, 3.8) is 0 Å². The lowest BCUT2D eigenvalue weighted by molar-refractivity contribution is 0.167. The zero-order valence-corrected chi connectivity index (χ0v) is 10.2. The van der Waals surface area contributed by atoms with E-state index in [0.717, 1.165) is 5.56 Å². The van der Waals surface area contributed by atoms with Gasteiger partial charge in [0.15, 0.2) is 0 Å². The van der Waals surface area contributed by atoms with Crippen molar-refractivity contribution in [3.05, 3.63) is 29.8 Å². The maximum atomic E-state index is 11.9. The molecular formula is C12H19N3O3. The van der Waals surface area contributed by atoms with E-state index in [1.165, 1.54) is 4.90 Å². The third-order valence-electron chi connectivity index (χ3n) is 2.44. The van der Waals surface area contributed by atoms with Crippen LogP contribution in [0.4, 0.5) is 10.5 Å². The first kappa shape index (κ1) is 14.4. The van der Waals surface area contributed by atoms with Gasteiger partial charge in [-0.15, -0.1) is 0 Å². The smallest absolute Gasteiger partial charge is 0.321 e. The van der Waals surface area contributed by atoms with Crippen molar-refractivity contribution < 1.29 is 15.0 Å². The fourth-order valence-electron chi connectivity index (χ4n) is 1.53. The minimum Gasteiger partial charge on any atom is -0.395 e. The summed E-state index contributed by atoms with van der Waals surface area (Å²) < 4.78 is 0. The zero-order valence-electron chi connectivity index (χ0n) is 10.2. The summed E-state index contributed by atoms with van der Waals surface area (Å²) in [7, 11) is 0. The maximum Gasteiger partial charge on any atom is 0.321 e. The van der Waals surface area contributed by atoms with Gasteiger partial charge in [0.2, 0.25) is 0 Å². The first-order valence-electron chi connectivity index (χ1n) is 5.78. The topological polar surface area (TPSA) is 98.8 Å². The molecule has 1 rings (SSSR count). The Morgan fingerprint density at radius 3 is 2.50 bits per heavy atom. The number of aliphatic hydroxyl groups is 2. The second kappa shape index (κ2) is 7.65. The molecule has 18 heavy (non-hydrogen) atoms. The van der Waals surface area contributed by atoms with E-state index in [2.05, 4.69) is 5.32 Å². The van der Waals surface area contributed by atoms with Gasteiger partial charge in [-0.2, -0.15) is 0 Å². The van der Waals surface area contributed by atoms with Crippen LogP contribution in [0.2, 0.25) is 0 Å². The molecule has 0 bridgehead atoms.